The van der Waals surface area contributed by atoms with E-state index in [1.54, 1.807) is 11.0 Å². The summed E-state index contributed by atoms with van der Waals surface area (Å²) >= 11 is 0. The number of rotatable bonds is 25. The Balaban J connectivity index is 1.03. The summed E-state index contributed by atoms with van der Waals surface area (Å²) in [6.45, 7) is 7.18. The minimum atomic E-state index is -1.04. The fourth-order valence-corrected chi connectivity index (χ4v) is 11.6. The van der Waals surface area contributed by atoms with Crippen molar-refractivity contribution in [2.24, 2.45) is 23.2 Å². The van der Waals surface area contributed by atoms with Crippen molar-refractivity contribution >= 4 is 11.8 Å². The molecule has 1 aliphatic heterocycles. The predicted octanol–water partition coefficient (Wildman–Crippen LogP) is 10.0. The van der Waals surface area contributed by atoms with Gasteiger partial charge in [-0.3, -0.25) is 9.59 Å². The molecular weight excluding hydrogens is 813 g/mol. The summed E-state index contributed by atoms with van der Waals surface area (Å²) in [6, 6.07) is 38.1. The van der Waals surface area contributed by atoms with Crippen molar-refractivity contribution in [1.29, 1.82) is 0 Å². The third-order valence-corrected chi connectivity index (χ3v) is 14.2. The highest BCUT2D eigenvalue weighted by atomic mass is 16.6. The van der Waals surface area contributed by atoms with Crippen LogP contribution in [0.5, 0.6) is 0 Å². The Morgan fingerprint density at radius 1 is 0.615 bits per heavy atom. The number of nitrogens with one attached hydrogen (secondary N) is 1. The summed E-state index contributed by atoms with van der Waals surface area (Å²) in [7, 11) is 0. The molecule has 9 rings (SSSR count). The van der Waals surface area contributed by atoms with Crippen LogP contribution in [0.4, 0.5) is 0 Å². The van der Waals surface area contributed by atoms with E-state index in [-0.39, 0.29) is 44.7 Å². The van der Waals surface area contributed by atoms with Crippen LogP contribution in [0.3, 0.4) is 0 Å². The Hall–Kier alpha value is -4.64. The number of unbranched alkanes of at least 4 members (excludes halogenated alkanes) is 2. The first-order chi connectivity index (χ1) is 32.0. The van der Waals surface area contributed by atoms with Crippen LogP contribution in [0.1, 0.15) is 92.9 Å². The van der Waals surface area contributed by atoms with Gasteiger partial charge in [0, 0.05) is 19.6 Å². The molecule has 65 heavy (non-hydrogen) atoms. The SMILES string of the molecule is C=CCCC(=O)N1[C@H](C(=O)NCCCCCOCC23CC4CC(CC(C4)C2)C3)[C@H](OCc2ccccc2)[C@@H](OCc2ccccc2)[C@H](OCc2ccccc2)[C@@H]1COCc1ccccc1. The molecule has 5 aliphatic rings. The minimum Gasteiger partial charge on any atom is -0.381 e. The lowest BCUT2D eigenvalue weighted by Crippen LogP contribution is -2.73. The van der Waals surface area contributed by atoms with Gasteiger partial charge in [-0.25, -0.2) is 0 Å². The second-order valence-electron chi connectivity index (χ2n) is 19.2. The molecule has 0 spiro atoms. The number of likely N-dealkylation sites (tertiary alicyclic amines) is 1. The second kappa shape index (κ2) is 23.7. The fraction of sp³-hybridized carbons (Fsp3) is 0.500. The minimum absolute atomic E-state index is 0.109. The molecule has 9 nitrogen and oxygen atoms in total. The van der Waals surface area contributed by atoms with E-state index in [4.69, 9.17) is 23.7 Å². The molecule has 9 heteroatoms. The van der Waals surface area contributed by atoms with Crippen LogP contribution in [0.25, 0.3) is 0 Å². The molecule has 346 valence electrons. The third-order valence-electron chi connectivity index (χ3n) is 14.2. The van der Waals surface area contributed by atoms with Gasteiger partial charge in [-0.15, -0.1) is 6.58 Å². The first-order valence-electron chi connectivity index (χ1n) is 24.3. The molecular formula is C56H70N2O7. The fourth-order valence-electron chi connectivity index (χ4n) is 11.6. The van der Waals surface area contributed by atoms with Crippen LogP contribution in [0.2, 0.25) is 0 Å². The number of carbonyl (C=O) groups is 2. The summed E-state index contributed by atoms with van der Waals surface area (Å²) in [5.74, 6) is 2.28. The van der Waals surface area contributed by atoms with E-state index in [1.165, 1.54) is 38.5 Å². The number of amides is 2. The maximum absolute atomic E-state index is 15.0. The van der Waals surface area contributed by atoms with Gasteiger partial charge >= 0.3 is 0 Å². The number of carbonyl (C=O) groups excluding carboxylic acids is 2. The van der Waals surface area contributed by atoms with Crippen LogP contribution in [0, 0.1) is 23.2 Å². The molecule has 4 bridgehead atoms. The Labute approximate surface area is 387 Å². The van der Waals surface area contributed by atoms with Crippen LogP contribution in [0.15, 0.2) is 134 Å². The largest absolute Gasteiger partial charge is 0.381 e. The standard InChI is InChI=1S/C56H70N2O7/c1-2-3-27-50(59)58-49(40-62-36-42-19-9-4-10-20-42)52(63-37-43-21-11-5-12-22-43)54(65-39-45-25-15-7-16-26-45)53(64-38-44-23-13-6-14-24-44)51(58)55(60)57-28-17-8-18-29-61-41-56-33-46-30-47(34-56)32-48(31-46)35-56/h2,4-7,9-16,19-26,46-49,51-54H,1,3,8,17-18,27-41H2,(H,57,60)/t46?,47?,48?,49-,51-,52+,53-,54-,56?/m0/s1. The maximum atomic E-state index is 15.0. The predicted molar refractivity (Wildman–Crippen MR) is 253 cm³/mol. The lowest BCUT2D eigenvalue weighted by Gasteiger charge is -2.56. The van der Waals surface area contributed by atoms with Crippen molar-refractivity contribution in [3.63, 3.8) is 0 Å². The van der Waals surface area contributed by atoms with E-state index in [9.17, 15) is 4.79 Å². The number of hydrogen-bond acceptors (Lipinski definition) is 7. The van der Waals surface area contributed by atoms with Crippen LogP contribution < -0.4 is 5.32 Å². The highest BCUT2D eigenvalue weighted by Gasteiger charge is 2.56. The van der Waals surface area contributed by atoms with Gasteiger partial charge in [-0.1, -0.05) is 127 Å². The van der Waals surface area contributed by atoms with E-state index in [2.05, 4.69) is 11.9 Å². The van der Waals surface area contributed by atoms with Gasteiger partial charge in [0.1, 0.15) is 24.4 Å². The van der Waals surface area contributed by atoms with Gasteiger partial charge in [0.15, 0.2) is 0 Å². The number of hydrogen-bond donors (Lipinski definition) is 1. The summed E-state index contributed by atoms with van der Waals surface area (Å²) in [5, 5.41) is 3.26. The van der Waals surface area contributed by atoms with Gasteiger partial charge in [0.25, 0.3) is 0 Å². The highest BCUT2D eigenvalue weighted by Crippen LogP contribution is 2.60. The van der Waals surface area contributed by atoms with Crippen molar-refractivity contribution in [3.05, 3.63) is 156 Å². The van der Waals surface area contributed by atoms with E-state index < -0.39 is 30.4 Å². The zero-order valence-electron chi connectivity index (χ0n) is 38.2. The Bertz CT molecular complexity index is 2010. The lowest BCUT2D eigenvalue weighted by molar-refractivity contribution is -0.227. The average Bonchev–Trinajstić information content (AvgIpc) is 3.33. The molecule has 5 atom stereocenters. The average molecular weight is 883 g/mol. The summed E-state index contributed by atoms with van der Waals surface area (Å²) in [6.07, 6.45) is 11.0. The molecule has 4 aromatic rings. The van der Waals surface area contributed by atoms with Crippen LogP contribution in [-0.4, -0.2) is 73.5 Å². The monoisotopic (exact) mass is 883 g/mol. The molecule has 2 amide bonds. The van der Waals surface area contributed by atoms with Gasteiger partial charge in [-0.2, -0.15) is 0 Å². The molecule has 4 aromatic carbocycles. The Kier molecular flexibility index (Phi) is 17.1. The summed E-state index contributed by atoms with van der Waals surface area (Å²) in [5.41, 5.74) is 4.31. The molecule has 0 aromatic heterocycles. The quantitative estimate of drug-likeness (QED) is 0.0523. The van der Waals surface area contributed by atoms with Gasteiger partial charge < -0.3 is 33.9 Å². The number of allylic oxidation sites excluding steroid dienone is 1. The molecule has 4 saturated carbocycles. The zero-order valence-corrected chi connectivity index (χ0v) is 38.2. The molecule has 5 fully saturated rings. The van der Waals surface area contributed by atoms with Gasteiger partial charge in [0.2, 0.25) is 11.8 Å². The van der Waals surface area contributed by atoms with Crippen LogP contribution >= 0.6 is 0 Å². The number of nitrogens with zero attached hydrogens (tertiary/aromatic N) is 1. The molecule has 0 radical (unpaired) electrons. The number of benzene rings is 4. The van der Waals surface area contributed by atoms with Crippen molar-refractivity contribution in [1.82, 2.24) is 10.2 Å². The normalized spacial score (nSPS) is 26.8. The highest BCUT2D eigenvalue weighted by molar-refractivity contribution is 5.89. The smallest absolute Gasteiger partial charge is 0.245 e. The molecule has 4 aliphatic carbocycles. The summed E-state index contributed by atoms with van der Waals surface area (Å²) in [4.78, 5) is 31.5. The van der Waals surface area contributed by atoms with E-state index in [0.717, 1.165) is 72.5 Å². The second-order valence-corrected chi connectivity index (χ2v) is 19.2. The van der Waals surface area contributed by atoms with Gasteiger partial charge in [-0.05, 0) is 110 Å². The van der Waals surface area contributed by atoms with Gasteiger partial charge in [0.05, 0.1) is 45.7 Å². The van der Waals surface area contributed by atoms with Crippen molar-refractivity contribution in [2.75, 3.05) is 26.4 Å². The number of piperidine rings is 1. The first kappa shape index (κ1) is 46.9. The van der Waals surface area contributed by atoms with Crippen molar-refractivity contribution in [2.45, 2.75) is 127 Å². The first-order valence-corrected chi connectivity index (χ1v) is 24.3. The van der Waals surface area contributed by atoms with E-state index in [0.29, 0.717) is 25.0 Å². The van der Waals surface area contributed by atoms with E-state index in [1.807, 2.05) is 121 Å². The lowest BCUT2D eigenvalue weighted by atomic mass is 9.50. The maximum Gasteiger partial charge on any atom is 0.245 e. The Morgan fingerprint density at radius 2 is 1.11 bits per heavy atom. The van der Waals surface area contributed by atoms with Crippen molar-refractivity contribution < 1.29 is 33.3 Å². The number of ether oxygens (including phenoxy) is 5. The zero-order chi connectivity index (χ0) is 44.7. The van der Waals surface area contributed by atoms with Crippen LogP contribution in [-0.2, 0) is 59.7 Å². The molecule has 1 saturated heterocycles. The molecule has 1 heterocycles. The topological polar surface area (TPSA) is 95.6 Å². The molecule has 1 N–H and O–H groups in total. The Morgan fingerprint density at radius 3 is 1.63 bits per heavy atom. The third kappa shape index (κ3) is 12.8. The van der Waals surface area contributed by atoms with Crippen molar-refractivity contribution in [3.8, 4) is 0 Å². The molecule has 0 unspecified atom stereocenters. The summed E-state index contributed by atoms with van der Waals surface area (Å²) < 4.78 is 33.7. The van der Waals surface area contributed by atoms with E-state index >= 15 is 4.79 Å².